The van der Waals surface area contributed by atoms with Gasteiger partial charge in [-0.3, -0.25) is 4.79 Å². The molecule has 2 heterocycles. The summed E-state index contributed by atoms with van der Waals surface area (Å²) < 4.78 is 1.47. The van der Waals surface area contributed by atoms with Gasteiger partial charge in [0.05, 0.1) is 18.3 Å². The summed E-state index contributed by atoms with van der Waals surface area (Å²) in [5.74, 6) is -0.144. The molecule has 3 rings (SSSR count). The highest BCUT2D eigenvalue weighted by atomic mass is 32.1. The van der Waals surface area contributed by atoms with Crippen molar-refractivity contribution in [2.24, 2.45) is 0 Å². The fourth-order valence-electron chi connectivity index (χ4n) is 2.52. The van der Waals surface area contributed by atoms with Gasteiger partial charge in [0, 0.05) is 6.54 Å². The predicted octanol–water partition coefficient (Wildman–Crippen LogP) is 2.23. The summed E-state index contributed by atoms with van der Waals surface area (Å²) in [7, 11) is 0. The van der Waals surface area contributed by atoms with Crippen LogP contribution in [0.2, 0.25) is 0 Å². The highest BCUT2D eigenvalue weighted by Crippen LogP contribution is 2.23. The Balaban J connectivity index is 1.78. The third kappa shape index (κ3) is 3.75. The Morgan fingerprint density at radius 1 is 1.32 bits per heavy atom. The standard InChI is InChI=1S/C17H19N5O2S/c1-3-21(10-15(23)13-6-4-12(2)5-7-13)17(24)16-14(8-9-25-16)22-11-18-19-20-22/h4-9,11,15,23H,3,10H2,1-2H3. The molecule has 7 nitrogen and oxygen atoms in total. The third-order valence-corrected chi connectivity index (χ3v) is 4.85. The van der Waals surface area contributed by atoms with Crippen LogP contribution in [0.5, 0.6) is 0 Å². The van der Waals surface area contributed by atoms with E-state index in [4.69, 9.17) is 0 Å². The van der Waals surface area contributed by atoms with E-state index in [1.807, 2.05) is 43.5 Å². The van der Waals surface area contributed by atoms with Crippen LogP contribution in [0.1, 0.15) is 33.8 Å². The van der Waals surface area contributed by atoms with Crippen LogP contribution in [0.3, 0.4) is 0 Å². The molecule has 3 aromatic rings. The van der Waals surface area contributed by atoms with Crippen LogP contribution in [0.15, 0.2) is 42.0 Å². The van der Waals surface area contributed by atoms with E-state index >= 15 is 0 Å². The SMILES string of the molecule is CCN(CC(O)c1ccc(C)cc1)C(=O)c1sccc1-n1cnnn1. The molecule has 0 saturated heterocycles. The number of aromatic nitrogens is 4. The number of nitrogens with zero attached hydrogens (tertiary/aromatic N) is 5. The van der Waals surface area contributed by atoms with Crippen molar-refractivity contribution in [3.63, 3.8) is 0 Å². The first-order valence-electron chi connectivity index (χ1n) is 7.95. The molecule has 2 aromatic heterocycles. The predicted molar refractivity (Wildman–Crippen MR) is 94.7 cm³/mol. The smallest absolute Gasteiger partial charge is 0.266 e. The lowest BCUT2D eigenvalue weighted by Crippen LogP contribution is -2.34. The number of benzene rings is 1. The number of tetrazole rings is 1. The fourth-order valence-corrected chi connectivity index (χ4v) is 3.36. The average molecular weight is 357 g/mol. The Kier molecular flexibility index (Phi) is 5.20. The summed E-state index contributed by atoms with van der Waals surface area (Å²) in [6.45, 7) is 4.61. The Morgan fingerprint density at radius 2 is 2.08 bits per heavy atom. The molecular formula is C17H19N5O2S. The van der Waals surface area contributed by atoms with Crippen molar-refractivity contribution in [3.8, 4) is 5.69 Å². The quantitative estimate of drug-likeness (QED) is 0.731. The molecule has 0 saturated carbocycles. The Morgan fingerprint density at radius 3 is 2.72 bits per heavy atom. The minimum atomic E-state index is -0.735. The number of hydrogen-bond donors (Lipinski definition) is 1. The molecule has 1 N–H and O–H groups in total. The summed E-state index contributed by atoms with van der Waals surface area (Å²) in [6, 6.07) is 9.47. The number of rotatable bonds is 6. The summed E-state index contributed by atoms with van der Waals surface area (Å²) in [5, 5.41) is 23.4. The molecule has 1 aromatic carbocycles. The molecule has 25 heavy (non-hydrogen) atoms. The van der Waals surface area contributed by atoms with Gasteiger partial charge in [-0.25, -0.2) is 0 Å². The Hall–Kier alpha value is -2.58. The van der Waals surface area contributed by atoms with E-state index in [0.717, 1.165) is 11.1 Å². The van der Waals surface area contributed by atoms with Crippen molar-refractivity contribution >= 4 is 17.2 Å². The van der Waals surface area contributed by atoms with Crippen LogP contribution in [0, 0.1) is 6.92 Å². The molecule has 1 atom stereocenters. The van der Waals surface area contributed by atoms with Crippen molar-refractivity contribution in [2.45, 2.75) is 20.0 Å². The largest absolute Gasteiger partial charge is 0.387 e. The second kappa shape index (κ2) is 7.54. The molecule has 0 aliphatic rings. The van der Waals surface area contributed by atoms with Crippen LogP contribution in [0.4, 0.5) is 0 Å². The number of carbonyl (C=O) groups excluding carboxylic acids is 1. The Labute approximate surface area is 149 Å². The molecule has 130 valence electrons. The monoisotopic (exact) mass is 357 g/mol. The van der Waals surface area contributed by atoms with Crippen LogP contribution in [-0.2, 0) is 0 Å². The van der Waals surface area contributed by atoms with Gasteiger partial charge in [0.25, 0.3) is 5.91 Å². The van der Waals surface area contributed by atoms with Crippen molar-refractivity contribution in [1.82, 2.24) is 25.1 Å². The van der Waals surface area contributed by atoms with Gasteiger partial charge in [0.15, 0.2) is 0 Å². The third-order valence-electron chi connectivity index (χ3n) is 3.96. The van der Waals surface area contributed by atoms with Crippen molar-refractivity contribution in [3.05, 3.63) is 58.0 Å². The van der Waals surface area contributed by atoms with Gasteiger partial charge < -0.3 is 10.0 Å². The zero-order chi connectivity index (χ0) is 17.8. The van der Waals surface area contributed by atoms with E-state index in [1.165, 1.54) is 22.3 Å². The topological polar surface area (TPSA) is 84.1 Å². The van der Waals surface area contributed by atoms with E-state index in [0.29, 0.717) is 17.1 Å². The number of likely N-dealkylation sites (N-methyl/N-ethyl adjacent to an activating group) is 1. The lowest BCUT2D eigenvalue weighted by atomic mass is 10.1. The van der Waals surface area contributed by atoms with Gasteiger partial charge in [-0.05, 0) is 41.3 Å². The summed E-state index contributed by atoms with van der Waals surface area (Å²) in [4.78, 5) is 15.1. The highest BCUT2D eigenvalue weighted by molar-refractivity contribution is 7.12. The number of aliphatic hydroxyl groups is 1. The fraction of sp³-hybridized carbons (Fsp3) is 0.294. The van der Waals surface area contributed by atoms with E-state index in [2.05, 4.69) is 15.5 Å². The normalized spacial score (nSPS) is 12.1. The van der Waals surface area contributed by atoms with Crippen LogP contribution in [-0.4, -0.2) is 49.2 Å². The van der Waals surface area contributed by atoms with E-state index in [1.54, 1.807) is 11.0 Å². The average Bonchev–Trinajstić information content (AvgIpc) is 3.30. The second-order valence-corrected chi connectivity index (χ2v) is 6.58. The lowest BCUT2D eigenvalue weighted by molar-refractivity contribution is 0.0639. The van der Waals surface area contributed by atoms with Crippen LogP contribution in [0.25, 0.3) is 5.69 Å². The van der Waals surface area contributed by atoms with Crippen LogP contribution >= 0.6 is 11.3 Å². The van der Waals surface area contributed by atoms with Gasteiger partial charge in [-0.1, -0.05) is 29.8 Å². The van der Waals surface area contributed by atoms with Crippen molar-refractivity contribution in [1.29, 1.82) is 0 Å². The maximum Gasteiger partial charge on any atom is 0.266 e. The van der Waals surface area contributed by atoms with Gasteiger partial charge in [-0.2, -0.15) is 4.68 Å². The first-order chi connectivity index (χ1) is 12.1. The van der Waals surface area contributed by atoms with Gasteiger partial charge in [0.2, 0.25) is 0 Å². The molecule has 8 heteroatoms. The minimum absolute atomic E-state index is 0.144. The first-order valence-corrected chi connectivity index (χ1v) is 8.83. The van der Waals surface area contributed by atoms with Gasteiger partial charge in [-0.15, -0.1) is 16.4 Å². The van der Waals surface area contributed by atoms with E-state index in [-0.39, 0.29) is 12.5 Å². The molecule has 0 aliphatic heterocycles. The molecule has 0 bridgehead atoms. The summed E-state index contributed by atoms with van der Waals surface area (Å²) in [6.07, 6.45) is 0.719. The van der Waals surface area contributed by atoms with Gasteiger partial charge >= 0.3 is 0 Å². The number of amides is 1. The molecule has 0 aliphatic carbocycles. The van der Waals surface area contributed by atoms with Gasteiger partial charge in [0.1, 0.15) is 11.2 Å². The number of hydrogen-bond acceptors (Lipinski definition) is 6. The Bertz CT molecular complexity index is 829. The lowest BCUT2D eigenvalue weighted by Gasteiger charge is -2.24. The minimum Gasteiger partial charge on any atom is -0.387 e. The van der Waals surface area contributed by atoms with E-state index < -0.39 is 6.10 Å². The zero-order valence-electron chi connectivity index (χ0n) is 14.0. The molecular weight excluding hydrogens is 338 g/mol. The van der Waals surface area contributed by atoms with Crippen molar-refractivity contribution < 1.29 is 9.90 Å². The van der Waals surface area contributed by atoms with Crippen LogP contribution < -0.4 is 0 Å². The number of aryl methyl sites for hydroxylation is 1. The number of thiophene rings is 1. The summed E-state index contributed by atoms with van der Waals surface area (Å²) in [5.41, 5.74) is 2.57. The first kappa shape index (κ1) is 17.2. The highest BCUT2D eigenvalue weighted by Gasteiger charge is 2.23. The zero-order valence-corrected chi connectivity index (χ0v) is 14.8. The molecule has 0 spiro atoms. The maximum absolute atomic E-state index is 12.9. The molecule has 1 unspecified atom stereocenters. The second-order valence-electron chi connectivity index (χ2n) is 5.66. The van der Waals surface area contributed by atoms with Crippen molar-refractivity contribution in [2.75, 3.05) is 13.1 Å². The van der Waals surface area contributed by atoms with E-state index in [9.17, 15) is 9.90 Å². The number of carbonyl (C=O) groups is 1. The molecule has 0 fully saturated rings. The number of aliphatic hydroxyl groups excluding tert-OH is 1. The summed E-state index contributed by atoms with van der Waals surface area (Å²) >= 11 is 1.34. The molecule has 1 amide bonds. The maximum atomic E-state index is 12.9. The molecule has 0 radical (unpaired) electrons.